The first kappa shape index (κ1) is 29.9. The molecule has 17 heteroatoms. The molecule has 0 spiro atoms. The standard InChI is InChI=1S/C24H18ClF7N6O3/c25-12-7-33-20(34-8-12)14-6-11-3-5-38(22(40)16(11)19(27)18(14)26)4-1-2-13(10-41-23(28)29)36-15-9-35-37-21(39)17(15)24(30,31)32/h3,5-9,13,23H,1-2,4,10H2,(H2,36,37,39)/t13-/m1/s1. The van der Waals surface area contributed by atoms with Crippen molar-refractivity contribution in [3.63, 3.8) is 0 Å². The predicted molar refractivity (Wildman–Crippen MR) is 133 cm³/mol. The zero-order chi connectivity index (χ0) is 29.9. The number of fused-ring (bicyclic) bond motifs is 1. The molecule has 1 atom stereocenters. The number of rotatable bonds is 10. The van der Waals surface area contributed by atoms with Gasteiger partial charge < -0.3 is 14.6 Å². The van der Waals surface area contributed by atoms with Crippen molar-refractivity contribution in [2.24, 2.45) is 0 Å². The van der Waals surface area contributed by atoms with Crippen molar-refractivity contribution in [3.05, 3.63) is 79.8 Å². The maximum Gasteiger partial charge on any atom is 0.423 e. The van der Waals surface area contributed by atoms with E-state index < -0.39 is 64.8 Å². The predicted octanol–water partition coefficient (Wildman–Crippen LogP) is 4.99. The molecule has 3 aromatic heterocycles. The van der Waals surface area contributed by atoms with E-state index in [4.69, 9.17) is 11.6 Å². The van der Waals surface area contributed by atoms with Crippen LogP contribution in [0.3, 0.4) is 0 Å². The van der Waals surface area contributed by atoms with Gasteiger partial charge in [0.15, 0.2) is 17.5 Å². The van der Waals surface area contributed by atoms with Gasteiger partial charge >= 0.3 is 12.8 Å². The van der Waals surface area contributed by atoms with Gasteiger partial charge in [-0.05, 0) is 30.4 Å². The summed E-state index contributed by atoms with van der Waals surface area (Å²) in [6.45, 7) is -4.14. The van der Waals surface area contributed by atoms with E-state index in [1.807, 2.05) is 0 Å². The highest BCUT2D eigenvalue weighted by atomic mass is 35.5. The summed E-state index contributed by atoms with van der Waals surface area (Å²) < 4.78 is 101. The molecule has 4 rings (SSSR count). The van der Waals surface area contributed by atoms with Crippen molar-refractivity contribution < 1.29 is 35.5 Å². The topological polar surface area (TPSA) is 115 Å². The number of alkyl halides is 5. The second kappa shape index (κ2) is 12.2. The first-order chi connectivity index (χ1) is 19.4. The number of nitrogens with zero attached hydrogens (tertiary/aromatic N) is 4. The smallest absolute Gasteiger partial charge is 0.378 e. The average Bonchev–Trinajstić information content (AvgIpc) is 2.90. The Balaban J connectivity index is 1.56. The minimum absolute atomic E-state index is 0.00551. The minimum Gasteiger partial charge on any atom is -0.378 e. The van der Waals surface area contributed by atoms with E-state index in [-0.39, 0.29) is 41.2 Å². The van der Waals surface area contributed by atoms with Gasteiger partial charge in [-0.25, -0.2) is 23.8 Å². The number of ether oxygens (including phenoxy) is 1. The molecule has 0 unspecified atom stereocenters. The molecule has 0 fully saturated rings. The highest BCUT2D eigenvalue weighted by Gasteiger charge is 2.37. The number of H-pyrrole nitrogens is 1. The molecular formula is C24H18ClF7N6O3. The van der Waals surface area contributed by atoms with Crippen molar-refractivity contribution in [3.8, 4) is 11.4 Å². The van der Waals surface area contributed by atoms with E-state index in [2.05, 4.69) is 25.1 Å². The molecule has 0 aliphatic rings. The fourth-order valence-corrected chi connectivity index (χ4v) is 4.17. The van der Waals surface area contributed by atoms with Crippen LogP contribution in [0.25, 0.3) is 22.2 Å². The van der Waals surface area contributed by atoms with Gasteiger partial charge in [-0.15, -0.1) is 0 Å². The SMILES string of the molecule is O=c1[nH]ncc(N[C@H](CCCn2ccc3cc(-c4ncc(Cl)cn4)c(F)c(F)c3c2=O)COC(F)F)c1C(F)(F)F. The van der Waals surface area contributed by atoms with Gasteiger partial charge in [0, 0.05) is 31.2 Å². The Morgan fingerprint density at radius 1 is 1.10 bits per heavy atom. The van der Waals surface area contributed by atoms with Gasteiger partial charge in [0.05, 0.1) is 34.5 Å². The molecule has 1 aromatic carbocycles. The van der Waals surface area contributed by atoms with Crippen LogP contribution >= 0.6 is 11.6 Å². The molecule has 9 nitrogen and oxygen atoms in total. The lowest BCUT2D eigenvalue weighted by molar-refractivity contribution is -0.138. The summed E-state index contributed by atoms with van der Waals surface area (Å²) >= 11 is 5.72. The molecule has 2 N–H and O–H groups in total. The number of anilines is 1. The average molecular weight is 607 g/mol. The van der Waals surface area contributed by atoms with Crippen LogP contribution in [-0.4, -0.2) is 44.0 Å². The summed E-state index contributed by atoms with van der Waals surface area (Å²) in [4.78, 5) is 32.4. The number of halogens is 8. The van der Waals surface area contributed by atoms with E-state index in [0.29, 0.717) is 6.20 Å². The van der Waals surface area contributed by atoms with Crippen molar-refractivity contribution in [2.45, 2.75) is 38.2 Å². The van der Waals surface area contributed by atoms with Crippen molar-refractivity contribution in [1.29, 1.82) is 0 Å². The summed E-state index contributed by atoms with van der Waals surface area (Å²) in [5.74, 6) is -2.97. The van der Waals surface area contributed by atoms with Crippen LogP contribution in [0.5, 0.6) is 0 Å². The molecular weight excluding hydrogens is 589 g/mol. The van der Waals surface area contributed by atoms with Gasteiger partial charge in [0.1, 0.15) is 5.56 Å². The van der Waals surface area contributed by atoms with Crippen LogP contribution in [0.4, 0.5) is 36.4 Å². The lowest BCUT2D eigenvalue weighted by Crippen LogP contribution is -2.32. The number of aromatic amines is 1. The van der Waals surface area contributed by atoms with Crippen molar-refractivity contribution in [1.82, 2.24) is 24.7 Å². The molecule has 0 radical (unpaired) electrons. The lowest BCUT2D eigenvalue weighted by atomic mass is 10.1. The first-order valence-corrected chi connectivity index (χ1v) is 12.0. The Labute approximate surface area is 230 Å². The highest BCUT2D eigenvalue weighted by molar-refractivity contribution is 6.30. The summed E-state index contributed by atoms with van der Waals surface area (Å²) in [6.07, 6.45) is -0.880. The maximum absolute atomic E-state index is 15.0. The number of aryl methyl sites for hydroxylation is 1. The third kappa shape index (κ3) is 6.82. The molecule has 4 aromatic rings. The van der Waals surface area contributed by atoms with Crippen LogP contribution in [0.15, 0.2) is 46.5 Å². The Morgan fingerprint density at radius 2 is 1.80 bits per heavy atom. The molecule has 0 aliphatic carbocycles. The second-order valence-electron chi connectivity index (χ2n) is 8.62. The van der Waals surface area contributed by atoms with E-state index >= 15 is 4.39 Å². The number of aromatic nitrogens is 5. The number of nitrogens with one attached hydrogen (secondary N) is 2. The van der Waals surface area contributed by atoms with Crippen LogP contribution in [0.1, 0.15) is 18.4 Å². The van der Waals surface area contributed by atoms with E-state index in [0.717, 1.165) is 4.57 Å². The summed E-state index contributed by atoms with van der Waals surface area (Å²) in [5, 5.41) is 6.96. The summed E-state index contributed by atoms with van der Waals surface area (Å²) in [7, 11) is 0. The molecule has 0 saturated heterocycles. The van der Waals surface area contributed by atoms with Crippen LogP contribution < -0.4 is 16.4 Å². The maximum atomic E-state index is 15.0. The molecule has 0 bridgehead atoms. The van der Waals surface area contributed by atoms with Gasteiger partial charge in [-0.1, -0.05) is 11.6 Å². The van der Waals surface area contributed by atoms with Crippen LogP contribution in [0.2, 0.25) is 5.02 Å². The van der Waals surface area contributed by atoms with Crippen molar-refractivity contribution >= 4 is 28.1 Å². The number of hydrogen-bond donors (Lipinski definition) is 2. The number of pyridine rings is 1. The quantitative estimate of drug-likeness (QED) is 0.244. The Bertz CT molecular complexity index is 1660. The third-order valence-corrected chi connectivity index (χ3v) is 6.08. The molecule has 0 amide bonds. The molecule has 0 saturated carbocycles. The van der Waals surface area contributed by atoms with Gasteiger partial charge in [-0.2, -0.15) is 27.1 Å². The Hall–Kier alpha value is -4.05. The van der Waals surface area contributed by atoms with Crippen LogP contribution in [-0.2, 0) is 17.5 Å². The zero-order valence-electron chi connectivity index (χ0n) is 20.5. The zero-order valence-corrected chi connectivity index (χ0v) is 21.2. The molecule has 218 valence electrons. The molecule has 3 heterocycles. The van der Waals surface area contributed by atoms with Crippen molar-refractivity contribution in [2.75, 3.05) is 11.9 Å². The first-order valence-electron chi connectivity index (χ1n) is 11.7. The Morgan fingerprint density at radius 3 is 2.46 bits per heavy atom. The third-order valence-electron chi connectivity index (χ3n) is 5.88. The Kier molecular flexibility index (Phi) is 8.92. The monoisotopic (exact) mass is 606 g/mol. The highest BCUT2D eigenvalue weighted by Crippen LogP contribution is 2.32. The molecule has 0 aliphatic heterocycles. The lowest BCUT2D eigenvalue weighted by Gasteiger charge is -2.22. The van der Waals surface area contributed by atoms with Gasteiger partial charge in [0.25, 0.3) is 11.1 Å². The fraction of sp³-hybridized carbons (Fsp3) is 0.292. The van der Waals surface area contributed by atoms with Crippen LogP contribution in [0, 0.1) is 11.6 Å². The van der Waals surface area contributed by atoms with E-state index in [9.17, 15) is 35.9 Å². The van der Waals surface area contributed by atoms with Gasteiger partial charge in [0.2, 0.25) is 0 Å². The van der Waals surface area contributed by atoms with E-state index in [1.54, 1.807) is 5.10 Å². The second-order valence-corrected chi connectivity index (χ2v) is 9.05. The largest absolute Gasteiger partial charge is 0.423 e. The molecule has 41 heavy (non-hydrogen) atoms. The minimum atomic E-state index is -5.08. The number of hydrogen-bond acceptors (Lipinski definition) is 7. The van der Waals surface area contributed by atoms with E-state index in [1.165, 1.54) is 30.7 Å². The summed E-state index contributed by atoms with van der Waals surface area (Å²) in [6, 6.07) is 1.35. The fourth-order valence-electron chi connectivity index (χ4n) is 4.07. The van der Waals surface area contributed by atoms with Gasteiger partial charge in [-0.3, -0.25) is 9.59 Å². The summed E-state index contributed by atoms with van der Waals surface area (Å²) in [5.41, 5.74) is -5.12. The normalized spacial score (nSPS) is 12.7. The number of benzene rings is 1.